The van der Waals surface area contributed by atoms with Crippen molar-refractivity contribution < 1.29 is 4.42 Å². The van der Waals surface area contributed by atoms with Crippen molar-refractivity contribution in [2.45, 2.75) is 20.3 Å². The van der Waals surface area contributed by atoms with E-state index in [1.807, 2.05) is 0 Å². The predicted molar refractivity (Wildman–Crippen MR) is 85.3 cm³/mol. The molecular formula is C19H16O. The molecule has 0 radical (unpaired) electrons. The van der Waals surface area contributed by atoms with E-state index >= 15 is 0 Å². The molecule has 1 heterocycles. The zero-order chi connectivity index (χ0) is 13.7. The average molecular weight is 260 g/mol. The fraction of sp³-hybridized carbons (Fsp3) is 0.158. The van der Waals surface area contributed by atoms with Crippen LogP contribution >= 0.6 is 0 Å². The fourth-order valence-corrected chi connectivity index (χ4v) is 2.90. The van der Waals surface area contributed by atoms with Crippen LogP contribution in [0.1, 0.15) is 18.1 Å². The molecule has 0 N–H and O–H groups in total. The average Bonchev–Trinajstić information content (AvgIpc) is 2.81. The molecule has 0 bridgehead atoms. The molecule has 3 aromatic carbocycles. The number of furan rings is 1. The molecule has 0 aliphatic heterocycles. The highest BCUT2D eigenvalue weighted by molar-refractivity contribution is 6.10. The summed E-state index contributed by atoms with van der Waals surface area (Å²) < 4.78 is 6.04. The molecule has 0 unspecified atom stereocenters. The van der Waals surface area contributed by atoms with Crippen LogP contribution in [-0.2, 0) is 6.42 Å². The van der Waals surface area contributed by atoms with E-state index in [0.29, 0.717) is 0 Å². The predicted octanol–water partition coefficient (Wildman–Crippen LogP) is 5.61. The lowest BCUT2D eigenvalue weighted by Gasteiger charge is -1.99. The van der Waals surface area contributed by atoms with Gasteiger partial charge in [-0.2, -0.15) is 0 Å². The summed E-state index contributed by atoms with van der Waals surface area (Å²) in [5.41, 5.74) is 4.57. The highest BCUT2D eigenvalue weighted by Crippen LogP contribution is 2.32. The minimum Gasteiger partial charge on any atom is -0.456 e. The monoisotopic (exact) mass is 260 g/mol. The van der Waals surface area contributed by atoms with Gasteiger partial charge in [-0.15, -0.1) is 0 Å². The quantitative estimate of drug-likeness (QED) is 0.433. The van der Waals surface area contributed by atoms with Gasteiger partial charge >= 0.3 is 0 Å². The maximum Gasteiger partial charge on any atom is 0.136 e. The van der Waals surface area contributed by atoms with E-state index in [4.69, 9.17) is 4.42 Å². The van der Waals surface area contributed by atoms with Gasteiger partial charge in [0.25, 0.3) is 0 Å². The Morgan fingerprint density at radius 3 is 2.50 bits per heavy atom. The van der Waals surface area contributed by atoms with Gasteiger partial charge in [0.05, 0.1) is 0 Å². The molecule has 0 saturated heterocycles. The molecule has 0 saturated carbocycles. The van der Waals surface area contributed by atoms with Crippen LogP contribution in [-0.4, -0.2) is 0 Å². The van der Waals surface area contributed by atoms with E-state index in [2.05, 4.69) is 62.4 Å². The second kappa shape index (κ2) is 4.11. The Balaban J connectivity index is 2.12. The molecule has 4 rings (SSSR count). The smallest absolute Gasteiger partial charge is 0.136 e. The summed E-state index contributed by atoms with van der Waals surface area (Å²) in [7, 11) is 0. The third kappa shape index (κ3) is 1.63. The summed E-state index contributed by atoms with van der Waals surface area (Å²) >= 11 is 0. The molecule has 1 nitrogen and oxygen atoms in total. The van der Waals surface area contributed by atoms with Crippen LogP contribution < -0.4 is 0 Å². The molecule has 20 heavy (non-hydrogen) atoms. The molecule has 0 spiro atoms. The van der Waals surface area contributed by atoms with E-state index in [-0.39, 0.29) is 0 Å². The number of hydrogen-bond donors (Lipinski definition) is 0. The van der Waals surface area contributed by atoms with E-state index in [1.54, 1.807) is 0 Å². The standard InChI is InChI=1S/C19H16O/c1-3-13-5-7-16-17-10-14-6-4-12(2)8-15(14)11-19(17)20-18(16)9-13/h4-11H,3H2,1-2H3. The normalized spacial score (nSPS) is 11.7. The second-order valence-electron chi connectivity index (χ2n) is 5.49. The lowest BCUT2D eigenvalue weighted by Crippen LogP contribution is -1.77. The van der Waals surface area contributed by atoms with Gasteiger partial charge in [-0.1, -0.05) is 42.8 Å². The van der Waals surface area contributed by atoms with Gasteiger partial charge in [-0.05, 0) is 47.9 Å². The van der Waals surface area contributed by atoms with E-state index in [0.717, 1.165) is 17.6 Å². The topological polar surface area (TPSA) is 13.1 Å². The second-order valence-corrected chi connectivity index (χ2v) is 5.49. The summed E-state index contributed by atoms with van der Waals surface area (Å²) in [4.78, 5) is 0. The molecule has 0 aliphatic carbocycles. The van der Waals surface area contributed by atoms with Crippen molar-refractivity contribution >= 4 is 32.7 Å². The van der Waals surface area contributed by atoms with Crippen molar-refractivity contribution in [1.82, 2.24) is 0 Å². The third-order valence-corrected chi connectivity index (χ3v) is 4.06. The Bertz CT molecular complexity index is 944. The van der Waals surface area contributed by atoms with Gasteiger partial charge in [0.15, 0.2) is 0 Å². The van der Waals surface area contributed by atoms with Crippen LogP contribution in [0.2, 0.25) is 0 Å². The van der Waals surface area contributed by atoms with Crippen molar-refractivity contribution in [2.75, 3.05) is 0 Å². The van der Waals surface area contributed by atoms with Gasteiger partial charge < -0.3 is 4.42 Å². The molecule has 0 fully saturated rings. The van der Waals surface area contributed by atoms with Crippen molar-refractivity contribution in [3.05, 3.63) is 59.7 Å². The minimum atomic E-state index is 0.978. The minimum absolute atomic E-state index is 0.978. The Labute approximate surface area is 117 Å². The van der Waals surface area contributed by atoms with Crippen LogP contribution in [0.3, 0.4) is 0 Å². The summed E-state index contributed by atoms with van der Waals surface area (Å²) in [5.74, 6) is 0. The highest BCUT2D eigenvalue weighted by Gasteiger charge is 2.08. The first-order chi connectivity index (χ1) is 9.74. The first-order valence-corrected chi connectivity index (χ1v) is 7.10. The number of fused-ring (bicyclic) bond motifs is 4. The van der Waals surface area contributed by atoms with Crippen LogP contribution in [0.15, 0.2) is 52.9 Å². The lowest BCUT2D eigenvalue weighted by atomic mass is 10.0. The molecule has 0 amide bonds. The highest BCUT2D eigenvalue weighted by atomic mass is 16.3. The molecule has 1 aromatic heterocycles. The number of hydrogen-bond acceptors (Lipinski definition) is 1. The van der Waals surface area contributed by atoms with E-state index < -0.39 is 0 Å². The molecule has 1 heteroatoms. The third-order valence-electron chi connectivity index (χ3n) is 4.06. The fourth-order valence-electron chi connectivity index (χ4n) is 2.90. The van der Waals surface area contributed by atoms with Crippen LogP contribution in [0.25, 0.3) is 32.7 Å². The molecule has 98 valence electrons. The number of rotatable bonds is 1. The van der Waals surface area contributed by atoms with E-state index in [9.17, 15) is 0 Å². The SMILES string of the molecule is CCc1ccc2c(c1)oc1cc3cc(C)ccc3cc12. The van der Waals surface area contributed by atoms with Gasteiger partial charge in [0.1, 0.15) is 11.2 Å². The van der Waals surface area contributed by atoms with Crippen LogP contribution in [0.5, 0.6) is 0 Å². The molecule has 4 aromatic rings. The van der Waals surface area contributed by atoms with Gasteiger partial charge in [-0.3, -0.25) is 0 Å². The Kier molecular flexibility index (Phi) is 2.37. The zero-order valence-electron chi connectivity index (χ0n) is 11.7. The van der Waals surface area contributed by atoms with Gasteiger partial charge in [-0.25, -0.2) is 0 Å². The summed E-state index contributed by atoms with van der Waals surface area (Å²) in [6.45, 7) is 4.29. The van der Waals surface area contributed by atoms with Crippen molar-refractivity contribution in [2.24, 2.45) is 0 Å². The molecule has 0 aliphatic rings. The molecule has 0 atom stereocenters. The van der Waals surface area contributed by atoms with Gasteiger partial charge in [0, 0.05) is 10.8 Å². The van der Waals surface area contributed by atoms with Crippen molar-refractivity contribution in [3.8, 4) is 0 Å². The first-order valence-electron chi connectivity index (χ1n) is 7.10. The van der Waals surface area contributed by atoms with Crippen molar-refractivity contribution in [1.29, 1.82) is 0 Å². The molecular weight excluding hydrogens is 244 g/mol. The van der Waals surface area contributed by atoms with E-state index in [1.165, 1.54) is 32.7 Å². The van der Waals surface area contributed by atoms with Crippen LogP contribution in [0, 0.1) is 6.92 Å². The zero-order valence-corrected chi connectivity index (χ0v) is 11.7. The summed E-state index contributed by atoms with van der Waals surface area (Å²) in [5, 5.41) is 4.93. The number of benzene rings is 3. The van der Waals surface area contributed by atoms with Crippen LogP contribution in [0.4, 0.5) is 0 Å². The summed E-state index contributed by atoms with van der Waals surface area (Å²) in [6, 6.07) is 17.5. The Morgan fingerprint density at radius 2 is 1.65 bits per heavy atom. The Morgan fingerprint density at radius 1 is 0.800 bits per heavy atom. The summed E-state index contributed by atoms with van der Waals surface area (Å²) in [6.07, 6.45) is 1.04. The Hall–Kier alpha value is -2.28. The number of aryl methyl sites for hydroxylation is 2. The van der Waals surface area contributed by atoms with Gasteiger partial charge in [0.2, 0.25) is 0 Å². The largest absolute Gasteiger partial charge is 0.456 e. The first kappa shape index (κ1) is 11.5. The maximum absolute atomic E-state index is 6.04. The lowest BCUT2D eigenvalue weighted by molar-refractivity contribution is 0.669. The van der Waals surface area contributed by atoms with Crippen molar-refractivity contribution in [3.63, 3.8) is 0 Å². The maximum atomic E-state index is 6.04.